The van der Waals surface area contributed by atoms with Crippen LogP contribution >= 0.6 is 11.3 Å². The molecule has 0 amide bonds. The third-order valence-electron chi connectivity index (χ3n) is 2.38. The summed E-state index contributed by atoms with van der Waals surface area (Å²) in [5.74, 6) is -0.728. The van der Waals surface area contributed by atoms with E-state index in [2.05, 4.69) is 10.3 Å². The topological polar surface area (TPSA) is 51.2 Å². The number of nitrogens with zero attached hydrogens (tertiary/aromatic N) is 1. The van der Waals surface area contributed by atoms with E-state index in [1.165, 1.54) is 23.5 Å². The first kappa shape index (κ1) is 13.5. The largest absolute Gasteiger partial charge is 0.464 e. The van der Waals surface area contributed by atoms with Gasteiger partial charge in [0.25, 0.3) is 0 Å². The number of carbonyl (C=O) groups excluding carboxylic acids is 1. The predicted octanol–water partition coefficient (Wildman–Crippen LogP) is 3.00. The Bertz CT molecular complexity index is 528. The molecule has 0 radical (unpaired) electrons. The highest BCUT2D eigenvalue weighted by molar-refractivity contribution is 7.09. The van der Waals surface area contributed by atoms with E-state index in [0.29, 0.717) is 17.3 Å². The van der Waals surface area contributed by atoms with Gasteiger partial charge in [-0.15, -0.1) is 11.3 Å². The number of carbonyl (C=O) groups is 1. The van der Waals surface area contributed by atoms with Gasteiger partial charge in [0.05, 0.1) is 6.61 Å². The monoisotopic (exact) mass is 280 g/mol. The molecule has 19 heavy (non-hydrogen) atoms. The van der Waals surface area contributed by atoms with Crippen molar-refractivity contribution in [1.29, 1.82) is 0 Å². The Morgan fingerprint density at radius 1 is 1.47 bits per heavy atom. The highest BCUT2D eigenvalue weighted by Crippen LogP contribution is 2.23. The number of nitrogens with one attached hydrogen (secondary N) is 1. The summed E-state index contributed by atoms with van der Waals surface area (Å²) >= 11 is 1.36. The molecule has 100 valence electrons. The van der Waals surface area contributed by atoms with Crippen molar-refractivity contribution in [2.24, 2.45) is 0 Å². The van der Waals surface area contributed by atoms with Crippen LogP contribution in [-0.4, -0.2) is 17.6 Å². The van der Waals surface area contributed by atoms with Crippen molar-refractivity contribution in [3.63, 3.8) is 0 Å². The van der Waals surface area contributed by atoms with Crippen molar-refractivity contribution in [2.75, 3.05) is 11.9 Å². The summed E-state index contributed by atoms with van der Waals surface area (Å²) in [5.41, 5.74) is 0.634. The van der Waals surface area contributed by atoms with E-state index in [4.69, 9.17) is 4.74 Å². The number of hydrogen-bond donors (Lipinski definition) is 1. The maximum absolute atomic E-state index is 12.8. The second-order valence-electron chi connectivity index (χ2n) is 3.71. The molecule has 1 aromatic carbocycles. The summed E-state index contributed by atoms with van der Waals surface area (Å²) in [4.78, 5) is 16.0. The summed E-state index contributed by atoms with van der Waals surface area (Å²) in [6.07, 6.45) is 1.62. The molecule has 1 heterocycles. The number of aromatic nitrogens is 1. The van der Waals surface area contributed by atoms with Gasteiger partial charge in [0.2, 0.25) is 0 Å². The Morgan fingerprint density at radius 2 is 2.21 bits per heavy atom. The summed E-state index contributed by atoms with van der Waals surface area (Å²) in [6.45, 7) is 2.04. The maximum Gasteiger partial charge on any atom is 0.335 e. The van der Waals surface area contributed by atoms with Crippen molar-refractivity contribution in [1.82, 2.24) is 4.98 Å². The van der Waals surface area contributed by atoms with Gasteiger partial charge in [0.1, 0.15) is 10.8 Å². The van der Waals surface area contributed by atoms with E-state index in [1.807, 2.05) is 0 Å². The molecule has 0 bridgehead atoms. The lowest BCUT2D eigenvalue weighted by atomic mass is 10.2. The summed E-state index contributed by atoms with van der Waals surface area (Å²) in [5, 5.41) is 5.40. The molecule has 0 fully saturated rings. The Balaban J connectivity index is 2.18. The molecule has 2 rings (SSSR count). The third-order valence-corrected chi connectivity index (χ3v) is 3.22. The standard InChI is InChI=1S/C13H13FN2O2S/c1-2-18-13(17)11(12-15-7-8-19-12)16-10-5-3-9(14)4-6-10/h3-8,11,16H,2H2,1H3. The Kier molecular flexibility index (Phi) is 4.46. The molecule has 6 heteroatoms. The van der Waals surface area contributed by atoms with Crippen LogP contribution in [0, 0.1) is 5.82 Å². The van der Waals surface area contributed by atoms with Crippen molar-refractivity contribution < 1.29 is 13.9 Å². The van der Waals surface area contributed by atoms with E-state index in [9.17, 15) is 9.18 Å². The first-order valence-electron chi connectivity index (χ1n) is 5.79. The minimum absolute atomic E-state index is 0.297. The summed E-state index contributed by atoms with van der Waals surface area (Å²) in [7, 11) is 0. The van der Waals surface area contributed by atoms with Crippen LogP contribution in [0.4, 0.5) is 10.1 Å². The van der Waals surface area contributed by atoms with Crippen LogP contribution in [0.3, 0.4) is 0 Å². The Morgan fingerprint density at radius 3 is 2.79 bits per heavy atom. The van der Waals surface area contributed by atoms with E-state index in [0.717, 1.165) is 0 Å². The molecule has 0 aliphatic carbocycles. The van der Waals surface area contributed by atoms with Crippen LogP contribution in [0.25, 0.3) is 0 Å². The highest BCUT2D eigenvalue weighted by atomic mass is 32.1. The average molecular weight is 280 g/mol. The van der Waals surface area contributed by atoms with Crippen LogP contribution in [0.2, 0.25) is 0 Å². The van der Waals surface area contributed by atoms with Gasteiger partial charge in [0.15, 0.2) is 6.04 Å². The van der Waals surface area contributed by atoms with E-state index < -0.39 is 12.0 Å². The molecule has 1 aromatic heterocycles. The third kappa shape index (κ3) is 3.51. The molecule has 1 atom stereocenters. The average Bonchev–Trinajstić information content (AvgIpc) is 2.92. The molecule has 0 aliphatic heterocycles. The van der Waals surface area contributed by atoms with Gasteiger partial charge < -0.3 is 10.1 Å². The fourth-order valence-corrected chi connectivity index (χ4v) is 2.21. The van der Waals surface area contributed by atoms with E-state index >= 15 is 0 Å². The fourth-order valence-electron chi connectivity index (χ4n) is 1.54. The van der Waals surface area contributed by atoms with Crippen molar-refractivity contribution in [3.05, 3.63) is 46.7 Å². The maximum atomic E-state index is 12.8. The number of thiazole rings is 1. The second-order valence-corrected chi connectivity index (χ2v) is 4.63. The number of halogens is 1. The van der Waals surface area contributed by atoms with Gasteiger partial charge in [-0.25, -0.2) is 14.2 Å². The minimum Gasteiger partial charge on any atom is -0.464 e. The van der Waals surface area contributed by atoms with Crippen LogP contribution in [0.1, 0.15) is 18.0 Å². The molecule has 0 aliphatic rings. The van der Waals surface area contributed by atoms with Crippen molar-refractivity contribution in [3.8, 4) is 0 Å². The normalized spacial score (nSPS) is 11.9. The molecule has 2 aromatic rings. The number of esters is 1. The molecule has 0 spiro atoms. The van der Waals surface area contributed by atoms with Gasteiger partial charge in [-0.2, -0.15) is 0 Å². The summed E-state index contributed by atoms with van der Waals surface area (Å²) < 4.78 is 17.9. The molecule has 0 saturated carbocycles. The lowest BCUT2D eigenvalue weighted by molar-refractivity contribution is -0.144. The van der Waals surface area contributed by atoms with E-state index in [1.54, 1.807) is 30.6 Å². The van der Waals surface area contributed by atoms with Crippen molar-refractivity contribution >= 4 is 23.0 Å². The number of hydrogen-bond acceptors (Lipinski definition) is 5. The van der Waals surface area contributed by atoms with Crippen LogP contribution in [0.15, 0.2) is 35.8 Å². The SMILES string of the molecule is CCOC(=O)C(Nc1ccc(F)cc1)c1nccs1. The fraction of sp³-hybridized carbons (Fsp3) is 0.231. The van der Waals surface area contributed by atoms with Crippen LogP contribution in [-0.2, 0) is 9.53 Å². The highest BCUT2D eigenvalue weighted by Gasteiger charge is 2.24. The van der Waals surface area contributed by atoms with Crippen LogP contribution in [0.5, 0.6) is 0 Å². The van der Waals surface area contributed by atoms with Gasteiger partial charge >= 0.3 is 5.97 Å². The zero-order chi connectivity index (χ0) is 13.7. The first-order valence-corrected chi connectivity index (χ1v) is 6.67. The van der Waals surface area contributed by atoms with E-state index in [-0.39, 0.29) is 5.82 Å². The quantitative estimate of drug-likeness (QED) is 0.855. The summed E-state index contributed by atoms with van der Waals surface area (Å²) in [6, 6.07) is 5.11. The van der Waals surface area contributed by atoms with Crippen molar-refractivity contribution in [2.45, 2.75) is 13.0 Å². The molecule has 0 saturated heterocycles. The Hall–Kier alpha value is -1.95. The van der Waals surface area contributed by atoms with Gasteiger partial charge in [-0.05, 0) is 31.2 Å². The lowest BCUT2D eigenvalue weighted by Crippen LogP contribution is -2.23. The van der Waals surface area contributed by atoms with Crippen LogP contribution < -0.4 is 5.32 Å². The van der Waals surface area contributed by atoms with Gasteiger partial charge in [-0.1, -0.05) is 0 Å². The van der Waals surface area contributed by atoms with Gasteiger partial charge in [0, 0.05) is 17.3 Å². The molecule has 1 N–H and O–H groups in total. The first-order chi connectivity index (χ1) is 9.20. The second kappa shape index (κ2) is 6.29. The number of rotatable bonds is 5. The number of ether oxygens (including phenoxy) is 1. The smallest absolute Gasteiger partial charge is 0.335 e. The predicted molar refractivity (Wildman–Crippen MR) is 71.5 cm³/mol. The number of anilines is 1. The van der Waals surface area contributed by atoms with Gasteiger partial charge in [-0.3, -0.25) is 0 Å². The minimum atomic E-state index is -0.676. The molecule has 4 nitrogen and oxygen atoms in total. The molecule has 1 unspecified atom stereocenters. The number of benzene rings is 1. The molecular weight excluding hydrogens is 267 g/mol. The zero-order valence-electron chi connectivity index (χ0n) is 10.3. The lowest BCUT2D eigenvalue weighted by Gasteiger charge is -2.16. The zero-order valence-corrected chi connectivity index (χ0v) is 11.1. The Labute approximate surface area is 114 Å². The molecular formula is C13H13FN2O2S.